The van der Waals surface area contributed by atoms with Crippen molar-refractivity contribution in [2.45, 2.75) is 13.3 Å². The Balaban J connectivity index is 0. The molecule has 0 aliphatic carbocycles. The van der Waals surface area contributed by atoms with E-state index in [9.17, 15) is 0 Å². The second kappa shape index (κ2) is 16.0. The summed E-state index contributed by atoms with van der Waals surface area (Å²) in [5.41, 5.74) is 0. The molecule has 0 unspecified atom stereocenters. The fourth-order valence-corrected chi connectivity index (χ4v) is 0. The summed E-state index contributed by atoms with van der Waals surface area (Å²) in [6.45, 7) is 2.25. The van der Waals surface area contributed by atoms with E-state index in [-0.39, 0.29) is 5.34 Å². The first-order valence-electron chi connectivity index (χ1n) is 2.06. The largest absolute Gasteiger partial charge is 0.396 e. The highest BCUT2D eigenvalue weighted by Crippen LogP contribution is 1.73. The van der Waals surface area contributed by atoms with Crippen molar-refractivity contribution in [2.24, 2.45) is 0 Å². The highest BCUT2D eigenvalue weighted by molar-refractivity contribution is 6.40. The molecule has 3 heteroatoms. The van der Waals surface area contributed by atoms with E-state index in [1.165, 1.54) is 0 Å². The van der Waals surface area contributed by atoms with Gasteiger partial charge in [-0.3, -0.25) is 0 Å². The lowest BCUT2D eigenvalue weighted by Crippen LogP contribution is -1.69. The molecule has 0 saturated carbocycles. The molecular weight excluding hydrogens is 135 g/mol. The van der Waals surface area contributed by atoms with Gasteiger partial charge in [-0.2, -0.15) is 0 Å². The number of aliphatic hydroxyl groups excluding tert-OH is 1. The third-order valence-corrected chi connectivity index (χ3v) is 0.224. The molecule has 0 aromatic rings. The first-order valence-corrected chi connectivity index (χ1v) is 3.13. The monoisotopic (exact) mass is 144 g/mol. The summed E-state index contributed by atoms with van der Waals surface area (Å²) in [5.74, 6) is 0. The van der Waals surface area contributed by atoms with Crippen LogP contribution >= 0.6 is 23.2 Å². The third kappa shape index (κ3) is 56.8. The minimum absolute atomic E-state index is 0.194. The van der Waals surface area contributed by atoms with Crippen LogP contribution in [0.2, 0.25) is 0 Å². The number of alkyl halides is 2. The van der Waals surface area contributed by atoms with Gasteiger partial charge >= 0.3 is 0 Å². The standard InChI is InChI=1S/C3H8O.CH2Cl2/c1-2-3-4;2-1-3/h4H,2-3H2,1H3;1H2. The van der Waals surface area contributed by atoms with Gasteiger partial charge in [0.25, 0.3) is 0 Å². The molecule has 0 aliphatic heterocycles. The van der Waals surface area contributed by atoms with Crippen molar-refractivity contribution in [3.8, 4) is 0 Å². The fourth-order valence-electron chi connectivity index (χ4n) is 0. The van der Waals surface area contributed by atoms with E-state index >= 15 is 0 Å². The molecule has 0 saturated heterocycles. The third-order valence-electron chi connectivity index (χ3n) is 0.224. The molecule has 1 nitrogen and oxygen atoms in total. The maximum Gasteiger partial charge on any atom is 0.0967 e. The number of hydrogen-bond donors (Lipinski definition) is 1. The molecule has 0 bridgehead atoms. The first kappa shape index (κ1) is 10.5. The Morgan fingerprint density at radius 3 is 1.57 bits per heavy atom. The predicted molar refractivity (Wildman–Crippen MR) is 33.9 cm³/mol. The van der Waals surface area contributed by atoms with E-state index in [2.05, 4.69) is 0 Å². The summed E-state index contributed by atoms with van der Waals surface area (Å²) >= 11 is 9.53. The molecule has 1 N–H and O–H groups in total. The molecule has 0 radical (unpaired) electrons. The Kier molecular flexibility index (Phi) is 24.0. The average Bonchev–Trinajstić information content (AvgIpc) is 1.69. The summed E-state index contributed by atoms with van der Waals surface area (Å²) in [6.07, 6.45) is 0.875. The van der Waals surface area contributed by atoms with Crippen LogP contribution in [0.25, 0.3) is 0 Å². The van der Waals surface area contributed by atoms with Crippen LogP contribution in [-0.2, 0) is 0 Å². The van der Waals surface area contributed by atoms with Gasteiger partial charge < -0.3 is 5.11 Å². The number of halogens is 2. The average molecular weight is 145 g/mol. The van der Waals surface area contributed by atoms with Crippen molar-refractivity contribution in [3.05, 3.63) is 0 Å². The summed E-state index contributed by atoms with van der Waals surface area (Å²) < 4.78 is 0. The second-order valence-electron chi connectivity index (χ2n) is 0.825. The molecule has 0 fully saturated rings. The van der Waals surface area contributed by atoms with Crippen LogP contribution in [0.3, 0.4) is 0 Å². The van der Waals surface area contributed by atoms with Crippen molar-refractivity contribution in [2.75, 3.05) is 11.9 Å². The zero-order chi connectivity index (χ0) is 6.12. The molecule has 0 aromatic heterocycles. The predicted octanol–water partition coefficient (Wildman–Crippen LogP) is 1.81. The van der Waals surface area contributed by atoms with Gasteiger partial charge in [0.05, 0.1) is 5.34 Å². The lowest BCUT2D eigenvalue weighted by molar-refractivity contribution is 0.295. The van der Waals surface area contributed by atoms with E-state index in [1.807, 2.05) is 6.92 Å². The smallest absolute Gasteiger partial charge is 0.0967 e. The molecule has 7 heavy (non-hydrogen) atoms. The van der Waals surface area contributed by atoms with Gasteiger partial charge in [0.15, 0.2) is 0 Å². The Morgan fingerprint density at radius 1 is 1.43 bits per heavy atom. The summed E-state index contributed by atoms with van der Waals surface area (Å²) in [4.78, 5) is 0. The molecule has 0 amide bonds. The zero-order valence-corrected chi connectivity index (χ0v) is 5.84. The van der Waals surface area contributed by atoms with Crippen molar-refractivity contribution in [1.29, 1.82) is 0 Å². The van der Waals surface area contributed by atoms with E-state index in [0.717, 1.165) is 6.42 Å². The Hall–Kier alpha value is 0.540. The molecule has 0 aliphatic rings. The van der Waals surface area contributed by atoms with Gasteiger partial charge in [0, 0.05) is 6.61 Å². The van der Waals surface area contributed by atoms with Gasteiger partial charge in [-0.05, 0) is 6.42 Å². The van der Waals surface area contributed by atoms with Crippen molar-refractivity contribution >= 4 is 23.2 Å². The summed E-state index contributed by atoms with van der Waals surface area (Å²) in [7, 11) is 0. The van der Waals surface area contributed by atoms with Gasteiger partial charge in [0.1, 0.15) is 0 Å². The van der Waals surface area contributed by atoms with Crippen LogP contribution in [0.5, 0.6) is 0 Å². The fraction of sp³-hybridized carbons (Fsp3) is 1.00. The molecule has 0 heterocycles. The van der Waals surface area contributed by atoms with Crippen molar-refractivity contribution in [1.82, 2.24) is 0 Å². The minimum Gasteiger partial charge on any atom is -0.396 e. The summed E-state index contributed by atoms with van der Waals surface area (Å²) in [5, 5.41) is 8.07. The number of rotatable bonds is 1. The van der Waals surface area contributed by atoms with Crippen LogP contribution in [-0.4, -0.2) is 17.1 Å². The molecule has 0 atom stereocenters. The van der Waals surface area contributed by atoms with E-state index < -0.39 is 0 Å². The Bertz CT molecular complexity index is 17.2. The van der Waals surface area contributed by atoms with E-state index in [0.29, 0.717) is 6.61 Å². The van der Waals surface area contributed by atoms with E-state index in [1.54, 1.807) is 0 Å². The Labute approximate surface area is 54.2 Å². The highest BCUT2D eigenvalue weighted by atomic mass is 35.5. The van der Waals surface area contributed by atoms with Gasteiger partial charge in [-0.25, -0.2) is 0 Å². The quantitative estimate of drug-likeness (QED) is 0.558. The molecule has 0 rings (SSSR count). The van der Waals surface area contributed by atoms with Gasteiger partial charge in [0.2, 0.25) is 0 Å². The number of hydrogen-bond acceptors (Lipinski definition) is 1. The maximum atomic E-state index is 7.88. The van der Waals surface area contributed by atoms with Gasteiger partial charge in [-0.15, -0.1) is 23.2 Å². The molecular formula is C4H10Cl2O. The van der Waals surface area contributed by atoms with Crippen LogP contribution in [0, 0.1) is 0 Å². The first-order chi connectivity index (χ1) is 3.33. The highest BCUT2D eigenvalue weighted by Gasteiger charge is 1.57. The normalized spacial score (nSPS) is 6.86. The lowest BCUT2D eigenvalue weighted by atomic mass is 10.5. The molecule has 0 aromatic carbocycles. The Morgan fingerprint density at radius 2 is 1.57 bits per heavy atom. The van der Waals surface area contributed by atoms with Crippen molar-refractivity contribution in [3.63, 3.8) is 0 Å². The second-order valence-corrected chi connectivity index (χ2v) is 1.63. The zero-order valence-electron chi connectivity index (χ0n) is 4.32. The maximum absolute atomic E-state index is 7.88. The molecule has 0 spiro atoms. The molecule has 46 valence electrons. The minimum atomic E-state index is 0.194. The number of aliphatic hydroxyl groups is 1. The van der Waals surface area contributed by atoms with Crippen LogP contribution in [0.4, 0.5) is 0 Å². The van der Waals surface area contributed by atoms with Crippen LogP contribution in [0.1, 0.15) is 13.3 Å². The van der Waals surface area contributed by atoms with E-state index in [4.69, 9.17) is 28.3 Å². The van der Waals surface area contributed by atoms with Crippen LogP contribution in [0.15, 0.2) is 0 Å². The summed E-state index contributed by atoms with van der Waals surface area (Å²) in [6, 6.07) is 0. The van der Waals surface area contributed by atoms with Crippen LogP contribution < -0.4 is 0 Å². The topological polar surface area (TPSA) is 20.2 Å². The lowest BCUT2D eigenvalue weighted by Gasteiger charge is -1.69. The SMILES string of the molecule is CCCO.ClCCl. The van der Waals surface area contributed by atoms with Crippen molar-refractivity contribution < 1.29 is 5.11 Å². The van der Waals surface area contributed by atoms with Gasteiger partial charge in [-0.1, -0.05) is 6.92 Å².